The van der Waals surface area contributed by atoms with Crippen LogP contribution in [0.4, 0.5) is 10.7 Å². The van der Waals surface area contributed by atoms with Gasteiger partial charge in [-0.15, -0.1) is 9.78 Å². The van der Waals surface area contributed by atoms with Crippen molar-refractivity contribution in [3.63, 3.8) is 0 Å². The summed E-state index contributed by atoms with van der Waals surface area (Å²) >= 11 is 1.30. The van der Waals surface area contributed by atoms with Gasteiger partial charge >= 0.3 is 6.09 Å². The van der Waals surface area contributed by atoms with Gasteiger partial charge in [-0.25, -0.2) is 4.79 Å². The third kappa shape index (κ3) is 1.50. The molecule has 66 valence electrons. The van der Waals surface area contributed by atoms with Gasteiger partial charge in [0.15, 0.2) is 0 Å². The van der Waals surface area contributed by atoms with E-state index in [1.165, 1.54) is 18.9 Å². The number of nitrogens with two attached hydrogens (primary N) is 1. The molecule has 0 aromatic carbocycles. The van der Waals surface area contributed by atoms with E-state index in [-0.39, 0.29) is 5.95 Å². The van der Waals surface area contributed by atoms with Gasteiger partial charge in [0.1, 0.15) is 0 Å². The van der Waals surface area contributed by atoms with Crippen molar-refractivity contribution in [2.45, 2.75) is 5.16 Å². The number of methoxy groups -OCH3 is 1. The molecular weight excluding hydrogens is 180 g/mol. The Morgan fingerprint density at radius 3 is 2.83 bits per heavy atom. The van der Waals surface area contributed by atoms with Crippen LogP contribution < -0.4 is 5.73 Å². The number of carbonyl (C=O) groups is 1. The summed E-state index contributed by atoms with van der Waals surface area (Å²) in [5.41, 5.74) is 5.37. The molecule has 0 spiro atoms. The van der Waals surface area contributed by atoms with Crippen LogP contribution >= 0.6 is 11.8 Å². The SMILES string of the molecule is COC(=O)n1nc(SC)nc1N. The first kappa shape index (κ1) is 8.85. The highest BCUT2D eigenvalue weighted by atomic mass is 32.2. The highest BCUT2D eigenvalue weighted by Crippen LogP contribution is 2.10. The summed E-state index contributed by atoms with van der Waals surface area (Å²) < 4.78 is 5.32. The normalized spacial score (nSPS) is 9.83. The van der Waals surface area contributed by atoms with Crippen LogP contribution in [0.3, 0.4) is 0 Å². The first-order valence-corrected chi connectivity index (χ1v) is 4.26. The highest BCUT2D eigenvalue weighted by molar-refractivity contribution is 7.98. The standard InChI is InChI=1S/C5H8N4O2S/c1-11-5(10)9-3(6)7-4(8-9)12-2/h1-2H3,(H2,6,7,8). The minimum atomic E-state index is -0.639. The molecule has 0 saturated heterocycles. The highest BCUT2D eigenvalue weighted by Gasteiger charge is 2.12. The van der Waals surface area contributed by atoms with Crippen molar-refractivity contribution in [2.24, 2.45) is 0 Å². The molecule has 0 aliphatic rings. The van der Waals surface area contributed by atoms with Gasteiger partial charge in [-0.05, 0) is 6.26 Å². The Balaban J connectivity index is 2.99. The van der Waals surface area contributed by atoms with Gasteiger partial charge < -0.3 is 10.5 Å². The van der Waals surface area contributed by atoms with Crippen molar-refractivity contribution in [3.05, 3.63) is 0 Å². The summed E-state index contributed by atoms with van der Waals surface area (Å²) in [7, 11) is 1.25. The lowest BCUT2D eigenvalue weighted by Crippen LogP contribution is -2.15. The zero-order valence-corrected chi connectivity index (χ0v) is 7.46. The van der Waals surface area contributed by atoms with E-state index in [2.05, 4.69) is 14.8 Å². The molecule has 2 N–H and O–H groups in total. The van der Waals surface area contributed by atoms with Gasteiger partial charge in [-0.1, -0.05) is 11.8 Å². The zero-order valence-electron chi connectivity index (χ0n) is 6.64. The van der Waals surface area contributed by atoms with Crippen LogP contribution in [0.1, 0.15) is 0 Å². The number of rotatable bonds is 1. The summed E-state index contributed by atoms with van der Waals surface area (Å²) in [5, 5.41) is 4.21. The van der Waals surface area contributed by atoms with Crippen LogP contribution in [-0.4, -0.2) is 34.2 Å². The second-order valence-electron chi connectivity index (χ2n) is 1.84. The first-order valence-electron chi connectivity index (χ1n) is 3.04. The molecular formula is C5H8N4O2S. The maximum Gasteiger partial charge on any atom is 0.437 e. The van der Waals surface area contributed by atoms with Crippen molar-refractivity contribution in [3.8, 4) is 0 Å². The number of nitrogen functional groups attached to an aromatic ring is 1. The maximum absolute atomic E-state index is 10.9. The van der Waals surface area contributed by atoms with E-state index in [9.17, 15) is 4.79 Å². The van der Waals surface area contributed by atoms with Gasteiger partial charge in [0.2, 0.25) is 11.1 Å². The van der Waals surface area contributed by atoms with Gasteiger partial charge in [0, 0.05) is 0 Å². The molecule has 0 saturated carbocycles. The summed E-state index contributed by atoms with van der Waals surface area (Å²) in [6.45, 7) is 0. The zero-order chi connectivity index (χ0) is 9.14. The number of thioether (sulfide) groups is 1. The molecule has 0 fully saturated rings. The summed E-state index contributed by atoms with van der Waals surface area (Å²) in [6.07, 6.45) is 1.15. The molecule has 12 heavy (non-hydrogen) atoms. The van der Waals surface area contributed by atoms with Crippen molar-refractivity contribution >= 4 is 23.8 Å². The molecule has 1 aromatic heterocycles. The van der Waals surface area contributed by atoms with Gasteiger partial charge in [-0.2, -0.15) is 4.98 Å². The number of aromatic nitrogens is 3. The Labute approximate surface area is 73.1 Å². The van der Waals surface area contributed by atoms with Gasteiger partial charge in [0.25, 0.3) is 0 Å². The third-order valence-corrected chi connectivity index (χ3v) is 1.68. The van der Waals surface area contributed by atoms with Crippen LogP contribution in [0.2, 0.25) is 0 Å². The topological polar surface area (TPSA) is 83.0 Å². The average molecular weight is 188 g/mol. The molecule has 0 bridgehead atoms. The van der Waals surface area contributed by atoms with Crippen LogP contribution in [0, 0.1) is 0 Å². The molecule has 0 radical (unpaired) electrons. The number of nitrogens with zero attached hydrogens (tertiary/aromatic N) is 3. The molecule has 0 aliphatic heterocycles. The van der Waals surface area contributed by atoms with Crippen LogP contribution in [0.15, 0.2) is 5.16 Å². The lowest BCUT2D eigenvalue weighted by molar-refractivity contribution is 0.169. The molecule has 0 unspecified atom stereocenters. The van der Waals surface area contributed by atoms with E-state index < -0.39 is 6.09 Å². The molecule has 0 aliphatic carbocycles. The van der Waals surface area contributed by atoms with E-state index in [1.54, 1.807) is 6.26 Å². The predicted molar refractivity (Wildman–Crippen MR) is 44.0 cm³/mol. The van der Waals surface area contributed by atoms with E-state index in [1.807, 2.05) is 0 Å². The lowest BCUT2D eigenvalue weighted by atomic mass is 11.0. The van der Waals surface area contributed by atoms with Gasteiger partial charge in [-0.3, -0.25) is 0 Å². The molecule has 0 amide bonds. The number of anilines is 1. The minimum absolute atomic E-state index is 0.0335. The fraction of sp³-hybridized carbons (Fsp3) is 0.400. The lowest BCUT2D eigenvalue weighted by Gasteiger charge is -1.96. The smallest absolute Gasteiger partial charge is 0.437 e. The van der Waals surface area contributed by atoms with E-state index >= 15 is 0 Å². The number of hydrogen-bond acceptors (Lipinski definition) is 6. The van der Waals surface area contributed by atoms with Gasteiger partial charge in [0.05, 0.1) is 7.11 Å². The molecule has 0 atom stereocenters. The quantitative estimate of drug-likeness (QED) is 0.634. The molecule has 1 heterocycles. The monoisotopic (exact) mass is 188 g/mol. The van der Waals surface area contributed by atoms with Crippen molar-refractivity contribution < 1.29 is 9.53 Å². The van der Waals surface area contributed by atoms with E-state index in [4.69, 9.17) is 5.73 Å². The predicted octanol–water partition coefficient (Wildman–Crippen LogP) is 0.197. The Bertz CT molecular complexity index is 298. The van der Waals surface area contributed by atoms with Crippen molar-refractivity contribution in [1.82, 2.24) is 14.8 Å². The van der Waals surface area contributed by atoms with Crippen molar-refractivity contribution in [1.29, 1.82) is 0 Å². The summed E-state index contributed by atoms with van der Waals surface area (Å²) in [5.74, 6) is 0.0335. The molecule has 7 heteroatoms. The third-order valence-electron chi connectivity index (χ3n) is 1.14. The van der Waals surface area contributed by atoms with Crippen LogP contribution in [0.5, 0.6) is 0 Å². The molecule has 1 aromatic rings. The fourth-order valence-corrected chi connectivity index (χ4v) is 0.960. The minimum Gasteiger partial charge on any atom is -0.451 e. The van der Waals surface area contributed by atoms with E-state index in [0.717, 1.165) is 4.68 Å². The fourth-order valence-electron chi connectivity index (χ4n) is 0.612. The Kier molecular flexibility index (Phi) is 2.54. The van der Waals surface area contributed by atoms with Crippen molar-refractivity contribution in [2.75, 3.05) is 19.1 Å². The Morgan fingerprint density at radius 2 is 2.42 bits per heavy atom. The molecule has 1 rings (SSSR count). The molecule has 6 nitrogen and oxygen atoms in total. The number of ether oxygens (including phenoxy) is 1. The Hall–Kier alpha value is -1.24. The summed E-state index contributed by atoms with van der Waals surface area (Å²) in [4.78, 5) is 14.7. The van der Waals surface area contributed by atoms with Crippen LogP contribution in [-0.2, 0) is 4.74 Å². The van der Waals surface area contributed by atoms with E-state index in [0.29, 0.717) is 5.16 Å². The first-order chi connectivity index (χ1) is 5.69. The second-order valence-corrected chi connectivity index (χ2v) is 2.61. The summed E-state index contributed by atoms with van der Waals surface area (Å²) in [6, 6.07) is 0. The largest absolute Gasteiger partial charge is 0.451 e. The Morgan fingerprint density at radius 1 is 1.75 bits per heavy atom. The maximum atomic E-state index is 10.9. The average Bonchev–Trinajstić information content (AvgIpc) is 2.45. The second kappa shape index (κ2) is 3.44. The van der Waals surface area contributed by atoms with Crippen LogP contribution in [0.25, 0.3) is 0 Å². The number of carbonyl (C=O) groups excluding carboxylic acids is 1. The number of hydrogen-bond donors (Lipinski definition) is 1.